The number of thioether (sulfide) groups is 2. The summed E-state index contributed by atoms with van der Waals surface area (Å²) in [5.74, 6) is -9.32. The summed E-state index contributed by atoms with van der Waals surface area (Å²) in [7, 11) is -3.97. The molecule has 2 fully saturated rings. The molecule has 24 nitrogen and oxygen atoms in total. The van der Waals surface area contributed by atoms with E-state index in [-0.39, 0.29) is 55.4 Å². The van der Waals surface area contributed by atoms with Gasteiger partial charge in [-0.05, 0) is 62.1 Å². The van der Waals surface area contributed by atoms with Gasteiger partial charge in [0.05, 0.1) is 18.3 Å². The van der Waals surface area contributed by atoms with Gasteiger partial charge in [-0.3, -0.25) is 47.9 Å². The summed E-state index contributed by atoms with van der Waals surface area (Å²) in [6.45, 7) is 3.38. The fourth-order valence-corrected chi connectivity index (χ4v) is 12.7. The maximum Gasteiger partial charge on any atom is 0.305 e. The summed E-state index contributed by atoms with van der Waals surface area (Å²) >= 11 is 2.46. The highest BCUT2D eigenvalue weighted by Crippen LogP contribution is 2.27. The van der Waals surface area contributed by atoms with Crippen molar-refractivity contribution in [2.75, 3.05) is 30.3 Å². The van der Waals surface area contributed by atoms with E-state index in [1.54, 1.807) is 36.4 Å². The first kappa shape index (κ1) is 62.6. The van der Waals surface area contributed by atoms with Crippen molar-refractivity contribution in [1.29, 1.82) is 0 Å². The van der Waals surface area contributed by atoms with Gasteiger partial charge in [0.2, 0.25) is 63.2 Å². The Morgan fingerprint density at radius 2 is 1.38 bits per heavy atom. The Morgan fingerprint density at radius 1 is 0.769 bits per heavy atom. The van der Waals surface area contributed by atoms with Crippen molar-refractivity contribution in [3.05, 3.63) is 71.3 Å². The van der Waals surface area contributed by atoms with Gasteiger partial charge in [-0.15, -0.1) is 0 Å². The number of nitrogens with one attached hydrogen (secondary N) is 6. The number of carboxylic acids is 1. The van der Waals surface area contributed by atoms with Crippen LogP contribution in [0.25, 0.3) is 0 Å². The fourth-order valence-electron chi connectivity index (χ4n) is 9.28. The maximum atomic E-state index is 14.5. The lowest BCUT2D eigenvalue weighted by Crippen LogP contribution is -2.62. The van der Waals surface area contributed by atoms with Gasteiger partial charge in [0.15, 0.2) is 0 Å². The average Bonchev–Trinajstić information content (AvgIpc) is 4.11. The molecule has 2 aromatic carbocycles. The normalized spacial score (nSPS) is 24.4. The number of fused-ring (bicyclic) bond motifs is 4. The maximum absolute atomic E-state index is 14.5. The van der Waals surface area contributed by atoms with Crippen LogP contribution < -0.4 is 42.8 Å². The molecule has 78 heavy (non-hydrogen) atoms. The van der Waals surface area contributed by atoms with E-state index in [4.69, 9.17) is 11.5 Å². The summed E-state index contributed by atoms with van der Waals surface area (Å²) in [5.41, 5.74) is 13.0. The van der Waals surface area contributed by atoms with E-state index in [2.05, 4.69) is 31.3 Å². The molecule has 12 N–H and O–H groups in total. The van der Waals surface area contributed by atoms with Crippen molar-refractivity contribution in [2.24, 2.45) is 11.5 Å². The molecule has 0 aromatic heterocycles. The summed E-state index contributed by atoms with van der Waals surface area (Å²) in [5, 5.41) is 32.9. The Balaban J connectivity index is 1.54. The third-order valence-electron chi connectivity index (χ3n) is 13.4. The number of hydrogen-bond acceptors (Lipinski definition) is 15. The lowest BCUT2D eigenvalue weighted by Gasteiger charge is -2.33. The quantitative estimate of drug-likeness (QED) is 0.0841. The zero-order valence-electron chi connectivity index (χ0n) is 43.7. The number of carboxylic acid groups (broad SMARTS) is 1. The minimum Gasteiger partial charge on any atom is -0.481 e. The van der Waals surface area contributed by atoms with E-state index in [1.807, 2.05) is 25.1 Å². The number of unbranched alkanes of at least 4 members (excludes halogenated alkanes) is 2. The highest BCUT2D eigenvalue weighted by atomic mass is 32.2. The third-order valence-corrected chi connectivity index (χ3v) is 17.0. The first-order chi connectivity index (χ1) is 37.1. The molecule has 0 aliphatic carbocycles. The lowest BCUT2D eigenvalue weighted by molar-refractivity contribution is -0.147. The summed E-state index contributed by atoms with van der Waals surface area (Å²) in [6.07, 6.45) is -0.615. The molecule has 2 bridgehead atoms. The molecule has 0 radical (unpaired) electrons. The monoisotopic (exact) mass is 1140 g/mol. The van der Waals surface area contributed by atoms with Gasteiger partial charge < -0.3 is 58.1 Å². The third kappa shape index (κ3) is 19.0. The van der Waals surface area contributed by atoms with Crippen LogP contribution in [0.4, 0.5) is 0 Å². The molecule has 2 aromatic rings. The van der Waals surface area contributed by atoms with Crippen LogP contribution >= 0.6 is 23.5 Å². The van der Waals surface area contributed by atoms with Crippen molar-refractivity contribution in [3.63, 3.8) is 0 Å². The molecule has 9 atom stereocenters. The fraction of sp³-hybridized carbons (Fsp3) is 0.569. The number of benzene rings is 2. The zero-order valence-corrected chi connectivity index (χ0v) is 46.1. The number of rotatable bonds is 17. The number of amides is 9. The van der Waals surface area contributed by atoms with E-state index in [0.29, 0.717) is 37.0 Å². The molecule has 2 saturated heterocycles. The number of aliphatic hydroxyl groups is 1. The van der Waals surface area contributed by atoms with Gasteiger partial charge in [0.25, 0.3) is 0 Å². The van der Waals surface area contributed by atoms with Crippen LogP contribution in [-0.2, 0) is 75.9 Å². The van der Waals surface area contributed by atoms with Gasteiger partial charge in [-0.2, -0.15) is 23.5 Å². The second-order valence-corrected chi connectivity index (χ2v) is 23.5. The molecule has 5 rings (SSSR count). The second kappa shape index (κ2) is 30.2. The number of sulfonamides is 1. The second-order valence-electron chi connectivity index (χ2n) is 19.6. The highest BCUT2D eigenvalue weighted by Gasteiger charge is 2.45. The average molecular weight is 1150 g/mol. The van der Waals surface area contributed by atoms with Crippen LogP contribution in [0, 0.1) is 0 Å². The number of hydrogen-bond donors (Lipinski definition) is 10. The van der Waals surface area contributed by atoms with Crippen LogP contribution in [0.3, 0.4) is 0 Å². The minimum atomic E-state index is -3.97. The van der Waals surface area contributed by atoms with Gasteiger partial charge in [-0.25, -0.2) is 13.1 Å². The van der Waals surface area contributed by atoms with Crippen molar-refractivity contribution in [1.82, 2.24) is 41.1 Å². The molecule has 428 valence electrons. The number of aliphatic hydroxyl groups excluding tert-OH is 1. The molecule has 0 spiro atoms. The van der Waals surface area contributed by atoms with Crippen LogP contribution in [-0.4, -0.2) is 172 Å². The summed E-state index contributed by atoms with van der Waals surface area (Å²) in [6, 6.07) is 4.17. The molecule has 3 aliphatic rings. The Bertz CT molecular complexity index is 2600. The number of nitrogens with zero attached hydrogens (tertiary/aromatic N) is 2. The summed E-state index contributed by atoms with van der Waals surface area (Å²) in [4.78, 5) is 139. The standard InChI is InChI=1S/C51H72N10O14S3/c1-3-4-8-22-78(74,75)59-38-29-77-27-33-15-9-14-32(23-33)26-76-28-37(47(69)55-35(44(53)66)25-42(64)65)57-46(68)36(24-31-12-6-5-7-13-31)56-45(67)34(18-19-41(52)63)54-49(71)43(30(2)62)58-48(70)39-16-10-20-60(39)51(73)40-17-11-21-61(40)50(38)72/h5-7,9,12-15,23,30,34-40,43,59,62H,3-4,8,10-11,16-22,24-29H2,1-2H3,(H2,52,63)(H2,53,66)(H,54,71)(H,55,69)(H,56,67)(H,57,68)(H,58,70)(H,64,65)/t30-,34+,35+,36+,37+,38+,39+,40+,43+/m1/s1. The predicted octanol–water partition coefficient (Wildman–Crippen LogP) is -1.10. The Labute approximate surface area is 461 Å². The topological polar surface area (TPSA) is 376 Å². The van der Waals surface area contributed by atoms with E-state index in [1.165, 1.54) is 40.2 Å². The lowest BCUT2D eigenvalue weighted by atomic mass is 10.0. The number of aliphatic carboxylic acids is 1. The number of nitrogens with two attached hydrogens (primary N) is 2. The molecule has 3 aliphatic heterocycles. The molecule has 27 heteroatoms. The molecular formula is C51H72N10O14S3. The van der Waals surface area contributed by atoms with Crippen LogP contribution in [0.5, 0.6) is 0 Å². The van der Waals surface area contributed by atoms with Gasteiger partial charge in [0, 0.05) is 48.9 Å². The SMILES string of the molecule is CCCCCS(=O)(=O)N[C@H]1CSCc2cccc(c2)CSC[C@@H](C(=O)N[C@@H](CC(=O)O)C(N)=O)NC(=O)[C@H](Cc2ccccc2)NC(=O)[C@H](CCC(N)=O)NC(=O)[C@H]([C@@H](C)O)NC(=O)[C@@H]2CCCN2C(=O)[C@@H]2CCCN2C1=O. The summed E-state index contributed by atoms with van der Waals surface area (Å²) < 4.78 is 29.5. The van der Waals surface area contributed by atoms with Gasteiger partial charge >= 0.3 is 5.97 Å². The number of primary amides is 2. The van der Waals surface area contributed by atoms with Crippen molar-refractivity contribution < 1.29 is 66.6 Å². The van der Waals surface area contributed by atoms with E-state index < -0.39 is 143 Å². The minimum absolute atomic E-state index is 0.0143. The Morgan fingerprint density at radius 3 is 2.00 bits per heavy atom. The van der Waals surface area contributed by atoms with Crippen LogP contribution in [0.1, 0.15) is 94.7 Å². The van der Waals surface area contributed by atoms with Gasteiger partial charge in [-0.1, -0.05) is 74.4 Å². The Hall–Kier alpha value is -6.29. The van der Waals surface area contributed by atoms with Crippen LogP contribution in [0.15, 0.2) is 54.6 Å². The van der Waals surface area contributed by atoms with E-state index >= 15 is 0 Å². The van der Waals surface area contributed by atoms with Gasteiger partial charge in [0.1, 0.15) is 48.3 Å². The Kier molecular flexibility index (Phi) is 24.2. The van der Waals surface area contributed by atoms with Crippen LogP contribution in [0.2, 0.25) is 0 Å². The first-order valence-electron chi connectivity index (χ1n) is 25.9. The molecular weight excluding hydrogens is 1070 g/mol. The highest BCUT2D eigenvalue weighted by molar-refractivity contribution is 7.98. The molecule has 0 saturated carbocycles. The first-order valence-corrected chi connectivity index (χ1v) is 29.9. The van der Waals surface area contributed by atoms with Crippen molar-refractivity contribution in [2.45, 2.75) is 150 Å². The molecule has 9 amide bonds. The van der Waals surface area contributed by atoms with Crippen molar-refractivity contribution >= 4 is 92.7 Å². The van der Waals surface area contributed by atoms with Crippen molar-refractivity contribution in [3.8, 4) is 0 Å². The zero-order chi connectivity index (χ0) is 57.1. The molecule has 0 unspecified atom stereocenters. The number of carbonyl (C=O) groups is 10. The predicted molar refractivity (Wildman–Crippen MR) is 290 cm³/mol. The van der Waals surface area contributed by atoms with E-state index in [9.17, 15) is 66.6 Å². The molecule has 3 heterocycles. The largest absolute Gasteiger partial charge is 0.481 e. The van der Waals surface area contributed by atoms with E-state index in [0.717, 1.165) is 17.5 Å². The number of carbonyl (C=O) groups excluding carboxylic acids is 9. The smallest absolute Gasteiger partial charge is 0.305 e.